The van der Waals surface area contributed by atoms with Crippen molar-refractivity contribution in [1.82, 2.24) is 0 Å². The van der Waals surface area contributed by atoms with E-state index in [1.54, 1.807) is 19.1 Å². The van der Waals surface area contributed by atoms with Crippen LogP contribution in [0.15, 0.2) is 45.8 Å². The summed E-state index contributed by atoms with van der Waals surface area (Å²) in [5, 5.41) is 8.80. The fourth-order valence-electron chi connectivity index (χ4n) is 1.53. The first-order valence-corrected chi connectivity index (χ1v) is 5.48. The van der Waals surface area contributed by atoms with E-state index in [-0.39, 0.29) is 17.8 Å². The van der Waals surface area contributed by atoms with E-state index in [4.69, 9.17) is 14.2 Å². The third-order valence-corrected chi connectivity index (χ3v) is 2.52. The quantitative estimate of drug-likeness (QED) is 0.805. The molecule has 1 radical (unpaired) electrons. The molecule has 0 aliphatic heterocycles. The number of rotatable bonds is 4. The molecular weight excluding hydrogens is 231 g/mol. The summed E-state index contributed by atoms with van der Waals surface area (Å²) in [6.07, 6.45) is 1.34. The molecule has 91 valence electrons. The van der Waals surface area contributed by atoms with E-state index in [0.717, 1.165) is 13.0 Å². The molecule has 2 aromatic rings. The van der Waals surface area contributed by atoms with Crippen molar-refractivity contribution in [2.24, 2.45) is 0 Å². The average molecular weight is 243 g/mol. The Hall–Kier alpha value is -2.01. The summed E-state index contributed by atoms with van der Waals surface area (Å²) in [4.78, 5) is 11.5. The van der Waals surface area contributed by atoms with Gasteiger partial charge in [0.05, 0.1) is 6.26 Å². The zero-order valence-electron chi connectivity index (χ0n) is 9.92. The van der Waals surface area contributed by atoms with E-state index in [0.29, 0.717) is 11.2 Å². The molecule has 0 unspecified atom stereocenters. The van der Waals surface area contributed by atoms with Crippen LogP contribution in [0.1, 0.15) is 11.3 Å². The Balaban J connectivity index is 2.09. The standard InChI is InChI=1S/C13H12BO4/c1-9-13(12(15)6-7-17-9)18-8-10-2-4-11(14-16)5-3-10/h2-7,16H,8H2,1H3. The Morgan fingerprint density at radius 1 is 1.28 bits per heavy atom. The normalized spacial score (nSPS) is 10.1. The minimum Gasteiger partial charge on any atom is -0.482 e. The predicted molar refractivity (Wildman–Crippen MR) is 68.1 cm³/mol. The molecule has 0 fully saturated rings. The number of benzene rings is 1. The van der Waals surface area contributed by atoms with Crippen LogP contribution in [0.2, 0.25) is 0 Å². The summed E-state index contributed by atoms with van der Waals surface area (Å²) in [6, 6.07) is 8.49. The van der Waals surface area contributed by atoms with Crippen molar-refractivity contribution >= 4 is 12.9 Å². The lowest BCUT2D eigenvalue weighted by Crippen LogP contribution is -2.13. The Bertz CT molecular complexity index is 574. The Morgan fingerprint density at radius 2 is 2.00 bits per heavy atom. The summed E-state index contributed by atoms with van der Waals surface area (Å²) in [5.74, 6) is 0.693. The SMILES string of the molecule is Cc1occc(=O)c1OCc1ccc([B]O)cc1. The van der Waals surface area contributed by atoms with Gasteiger partial charge in [0.15, 0.2) is 0 Å². The Morgan fingerprint density at radius 3 is 2.61 bits per heavy atom. The molecule has 1 aromatic carbocycles. The second kappa shape index (κ2) is 5.55. The van der Waals surface area contributed by atoms with Gasteiger partial charge in [-0.3, -0.25) is 4.79 Å². The maximum Gasteiger partial charge on any atom is 0.326 e. The van der Waals surface area contributed by atoms with Crippen LogP contribution in [0.3, 0.4) is 0 Å². The number of ether oxygens (including phenoxy) is 1. The highest BCUT2D eigenvalue weighted by Gasteiger charge is 2.06. The molecule has 0 atom stereocenters. The number of aryl methyl sites for hydroxylation is 1. The van der Waals surface area contributed by atoms with Gasteiger partial charge in [-0.05, 0) is 12.5 Å². The molecule has 0 saturated carbocycles. The van der Waals surface area contributed by atoms with Crippen LogP contribution in [-0.4, -0.2) is 12.5 Å². The van der Waals surface area contributed by atoms with E-state index < -0.39 is 0 Å². The van der Waals surface area contributed by atoms with Crippen molar-refractivity contribution in [2.45, 2.75) is 13.5 Å². The number of hydrogen-bond acceptors (Lipinski definition) is 4. The molecule has 1 heterocycles. The minimum absolute atomic E-state index is 0.195. The lowest BCUT2D eigenvalue weighted by Gasteiger charge is -2.07. The molecule has 1 N–H and O–H groups in total. The van der Waals surface area contributed by atoms with E-state index in [1.807, 2.05) is 12.1 Å². The van der Waals surface area contributed by atoms with Gasteiger partial charge in [0.1, 0.15) is 12.4 Å². The van der Waals surface area contributed by atoms with Crippen molar-refractivity contribution in [2.75, 3.05) is 0 Å². The highest BCUT2D eigenvalue weighted by atomic mass is 16.5. The second-order valence-corrected chi connectivity index (χ2v) is 3.83. The highest BCUT2D eigenvalue weighted by molar-refractivity contribution is 6.45. The zero-order chi connectivity index (χ0) is 13.0. The first-order chi connectivity index (χ1) is 8.70. The Kier molecular flexibility index (Phi) is 3.84. The maximum absolute atomic E-state index is 11.5. The van der Waals surface area contributed by atoms with Crippen LogP contribution < -0.4 is 15.6 Å². The van der Waals surface area contributed by atoms with Gasteiger partial charge < -0.3 is 14.2 Å². The van der Waals surface area contributed by atoms with Crippen molar-refractivity contribution in [1.29, 1.82) is 0 Å². The lowest BCUT2D eigenvalue weighted by atomic mass is 9.88. The lowest BCUT2D eigenvalue weighted by molar-refractivity contribution is 0.286. The van der Waals surface area contributed by atoms with Gasteiger partial charge in [-0.15, -0.1) is 0 Å². The molecule has 0 aliphatic rings. The summed E-state index contributed by atoms with van der Waals surface area (Å²) >= 11 is 0. The third-order valence-electron chi connectivity index (χ3n) is 2.52. The van der Waals surface area contributed by atoms with E-state index >= 15 is 0 Å². The van der Waals surface area contributed by atoms with Crippen LogP contribution in [0.4, 0.5) is 0 Å². The van der Waals surface area contributed by atoms with E-state index in [9.17, 15) is 4.79 Å². The second-order valence-electron chi connectivity index (χ2n) is 3.83. The van der Waals surface area contributed by atoms with Gasteiger partial charge in [-0.1, -0.05) is 29.7 Å². The number of hydrogen-bond donors (Lipinski definition) is 1. The maximum atomic E-state index is 11.5. The molecule has 0 saturated heterocycles. The van der Waals surface area contributed by atoms with Gasteiger partial charge in [0.25, 0.3) is 0 Å². The zero-order valence-corrected chi connectivity index (χ0v) is 9.92. The highest BCUT2D eigenvalue weighted by Crippen LogP contribution is 2.12. The van der Waals surface area contributed by atoms with Gasteiger partial charge in [-0.2, -0.15) is 0 Å². The van der Waals surface area contributed by atoms with Crippen LogP contribution in [-0.2, 0) is 6.61 Å². The van der Waals surface area contributed by atoms with Crippen LogP contribution in [0.25, 0.3) is 0 Å². The molecule has 5 heteroatoms. The first kappa shape index (κ1) is 12.5. The van der Waals surface area contributed by atoms with Crippen LogP contribution in [0, 0.1) is 6.92 Å². The largest absolute Gasteiger partial charge is 0.482 e. The van der Waals surface area contributed by atoms with Crippen molar-refractivity contribution in [3.8, 4) is 5.75 Å². The van der Waals surface area contributed by atoms with Gasteiger partial charge >= 0.3 is 7.48 Å². The van der Waals surface area contributed by atoms with Crippen LogP contribution in [0.5, 0.6) is 5.75 Å². The fraction of sp³-hybridized carbons (Fsp3) is 0.154. The van der Waals surface area contributed by atoms with Gasteiger partial charge in [0.2, 0.25) is 11.2 Å². The minimum atomic E-state index is -0.195. The third kappa shape index (κ3) is 2.81. The first-order valence-electron chi connectivity index (χ1n) is 5.48. The average Bonchev–Trinajstić information content (AvgIpc) is 2.39. The van der Waals surface area contributed by atoms with Crippen LogP contribution >= 0.6 is 0 Å². The molecule has 2 rings (SSSR count). The summed E-state index contributed by atoms with van der Waals surface area (Å²) in [7, 11) is 1.03. The van der Waals surface area contributed by atoms with Gasteiger partial charge in [-0.25, -0.2) is 0 Å². The molecule has 0 spiro atoms. The molecule has 1 aromatic heterocycles. The van der Waals surface area contributed by atoms with Gasteiger partial charge in [0, 0.05) is 6.07 Å². The molecular formula is C13H12BO4. The van der Waals surface area contributed by atoms with Crippen molar-refractivity contribution in [3.05, 3.63) is 58.1 Å². The predicted octanol–water partition coefficient (Wildman–Crippen LogP) is 0.764. The molecule has 4 nitrogen and oxygen atoms in total. The topological polar surface area (TPSA) is 59.7 Å². The monoisotopic (exact) mass is 243 g/mol. The molecule has 18 heavy (non-hydrogen) atoms. The molecule has 0 aliphatic carbocycles. The molecule has 0 amide bonds. The van der Waals surface area contributed by atoms with E-state index in [1.165, 1.54) is 12.3 Å². The summed E-state index contributed by atoms with van der Waals surface area (Å²) in [5.41, 5.74) is 1.43. The Labute approximate surface area is 105 Å². The van der Waals surface area contributed by atoms with E-state index in [2.05, 4.69) is 0 Å². The summed E-state index contributed by atoms with van der Waals surface area (Å²) in [6.45, 7) is 1.96. The smallest absolute Gasteiger partial charge is 0.326 e. The van der Waals surface area contributed by atoms with Crippen molar-refractivity contribution in [3.63, 3.8) is 0 Å². The van der Waals surface area contributed by atoms with Crippen molar-refractivity contribution < 1.29 is 14.2 Å². The summed E-state index contributed by atoms with van der Waals surface area (Å²) < 4.78 is 10.5. The fourth-order valence-corrected chi connectivity index (χ4v) is 1.53. The molecule has 0 bridgehead atoms.